The summed E-state index contributed by atoms with van der Waals surface area (Å²) >= 11 is 0. The van der Waals surface area contributed by atoms with Gasteiger partial charge in [-0.15, -0.1) is 5.73 Å². The van der Waals surface area contributed by atoms with Crippen molar-refractivity contribution in [3.63, 3.8) is 0 Å². The molecule has 1 rings (SSSR count). The predicted octanol–water partition coefficient (Wildman–Crippen LogP) is 3.21. The number of nitro groups is 1. The van der Waals surface area contributed by atoms with E-state index in [4.69, 9.17) is 0 Å². The van der Waals surface area contributed by atoms with Crippen molar-refractivity contribution in [3.05, 3.63) is 57.8 Å². The van der Waals surface area contributed by atoms with E-state index in [2.05, 4.69) is 31.1 Å². The summed E-state index contributed by atoms with van der Waals surface area (Å²) in [5.74, 6) is 5.49. The van der Waals surface area contributed by atoms with E-state index < -0.39 is 11.0 Å². The summed E-state index contributed by atoms with van der Waals surface area (Å²) in [5, 5.41) is 20.4. The number of benzene rings is 1. The first-order valence-corrected chi connectivity index (χ1v) is 6.41. The van der Waals surface area contributed by atoms with Crippen LogP contribution in [0.1, 0.15) is 31.7 Å². The third kappa shape index (κ3) is 4.74. The van der Waals surface area contributed by atoms with Crippen LogP contribution < -0.4 is 0 Å². The lowest BCUT2D eigenvalue weighted by Crippen LogP contribution is -2.06. The summed E-state index contributed by atoms with van der Waals surface area (Å²) in [6, 6.07) is 5.89. The van der Waals surface area contributed by atoms with Crippen molar-refractivity contribution in [2.45, 2.75) is 32.3 Å². The molecule has 0 bridgehead atoms. The van der Waals surface area contributed by atoms with Crippen LogP contribution in [0.2, 0.25) is 0 Å². The molecule has 104 valence electrons. The predicted molar refractivity (Wildman–Crippen MR) is 78.2 cm³/mol. The number of rotatable bonds is 5. The summed E-state index contributed by atoms with van der Waals surface area (Å²) in [4.78, 5) is 10.1. The van der Waals surface area contributed by atoms with Gasteiger partial charge in [-0.1, -0.05) is 31.8 Å². The zero-order valence-corrected chi connectivity index (χ0v) is 11.4. The Balaban J connectivity index is 2.77. The van der Waals surface area contributed by atoms with Crippen LogP contribution in [-0.2, 0) is 0 Å². The second-order valence-corrected chi connectivity index (χ2v) is 4.28. The Morgan fingerprint density at radius 2 is 2.10 bits per heavy atom. The molecule has 0 aliphatic carbocycles. The summed E-state index contributed by atoms with van der Waals surface area (Å²) in [6.45, 7) is 5.62. The SMILES string of the molecule is C=C=C(CCCC)[C@@H](O)C#Cc1ccc([N+](=O)[O-])cc1. The lowest BCUT2D eigenvalue weighted by molar-refractivity contribution is -0.384. The highest BCUT2D eigenvalue weighted by Gasteiger charge is 2.06. The van der Waals surface area contributed by atoms with Crippen LogP contribution >= 0.6 is 0 Å². The van der Waals surface area contributed by atoms with Crippen molar-refractivity contribution in [3.8, 4) is 11.8 Å². The highest BCUT2D eigenvalue weighted by Crippen LogP contribution is 2.12. The van der Waals surface area contributed by atoms with Gasteiger partial charge in [-0.25, -0.2) is 0 Å². The minimum Gasteiger partial charge on any atom is -0.376 e. The van der Waals surface area contributed by atoms with Crippen LogP contribution in [0.3, 0.4) is 0 Å². The number of aliphatic hydroxyl groups is 1. The van der Waals surface area contributed by atoms with Crippen LogP contribution in [0.25, 0.3) is 0 Å². The average Bonchev–Trinajstić information content (AvgIpc) is 2.46. The van der Waals surface area contributed by atoms with Gasteiger partial charge in [-0.2, -0.15) is 0 Å². The van der Waals surface area contributed by atoms with E-state index in [1.807, 2.05) is 0 Å². The lowest BCUT2D eigenvalue weighted by Gasteiger charge is -2.05. The van der Waals surface area contributed by atoms with Gasteiger partial charge >= 0.3 is 0 Å². The topological polar surface area (TPSA) is 63.4 Å². The smallest absolute Gasteiger partial charge is 0.269 e. The molecule has 0 aliphatic heterocycles. The van der Waals surface area contributed by atoms with Crippen molar-refractivity contribution >= 4 is 5.69 Å². The second-order valence-electron chi connectivity index (χ2n) is 4.28. The van der Waals surface area contributed by atoms with E-state index >= 15 is 0 Å². The molecule has 1 aromatic carbocycles. The Bertz CT molecular complexity index is 572. The molecule has 4 nitrogen and oxygen atoms in total. The maximum atomic E-state index is 10.5. The van der Waals surface area contributed by atoms with Crippen LogP contribution in [0, 0.1) is 22.0 Å². The number of aliphatic hydroxyl groups excluding tert-OH is 1. The Labute approximate surface area is 118 Å². The molecule has 0 saturated carbocycles. The van der Waals surface area contributed by atoms with Gasteiger partial charge in [0, 0.05) is 23.3 Å². The Morgan fingerprint density at radius 3 is 2.60 bits per heavy atom. The summed E-state index contributed by atoms with van der Waals surface area (Å²) in [5.41, 5.74) is 4.04. The number of nitrogens with zero attached hydrogens (tertiary/aromatic N) is 1. The van der Waals surface area contributed by atoms with Gasteiger partial charge < -0.3 is 5.11 Å². The first-order valence-electron chi connectivity index (χ1n) is 6.41. The molecule has 1 atom stereocenters. The van der Waals surface area contributed by atoms with Gasteiger partial charge in [-0.05, 0) is 25.0 Å². The van der Waals surface area contributed by atoms with Crippen LogP contribution in [0.15, 0.2) is 42.1 Å². The summed E-state index contributed by atoms with van der Waals surface area (Å²) in [6.07, 6.45) is 1.80. The molecule has 0 aliphatic rings. The molecule has 0 unspecified atom stereocenters. The highest BCUT2D eigenvalue weighted by atomic mass is 16.6. The zero-order chi connectivity index (χ0) is 15.0. The van der Waals surface area contributed by atoms with E-state index in [1.54, 1.807) is 12.1 Å². The Kier molecular flexibility index (Phi) is 6.25. The van der Waals surface area contributed by atoms with Crippen molar-refractivity contribution in [1.29, 1.82) is 0 Å². The number of hydrogen-bond acceptors (Lipinski definition) is 3. The number of non-ortho nitro benzene ring substituents is 1. The maximum absolute atomic E-state index is 10.5. The summed E-state index contributed by atoms with van der Waals surface area (Å²) < 4.78 is 0. The van der Waals surface area contributed by atoms with Gasteiger partial charge in [0.2, 0.25) is 0 Å². The van der Waals surface area contributed by atoms with Gasteiger partial charge in [-0.3, -0.25) is 10.1 Å². The van der Waals surface area contributed by atoms with Crippen molar-refractivity contribution in [2.75, 3.05) is 0 Å². The van der Waals surface area contributed by atoms with E-state index in [0.717, 1.165) is 19.3 Å². The zero-order valence-electron chi connectivity index (χ0n) is 11.4. The fourth-order valence-corrected chi connectivity index (χ4v) is 1.59. The molecule has 0 heterocycles. The van der Waals surface area contributed by atoms with E-state index in [1.165, 1.54) is 12.1 Å². The number of hydrogen-bond donors (Lipinski definition) is 1. The van der Waals surface area contributed by atoms with Gasteiger partial charge in [0.15, 0.2) is 0 Å². The van der Waals surface area contributed by atoms with Gasteiger partial charge in [0.05, 0.1) is 4.92 Å². The highest BCUT2D eigenvalue weighted by molar-refractivity contribution is 5.42. The monoisotopic (exact) mass is 271 g/mol. The second kappa shape index (κ2) is 7.96. The molecule has 0 spiro atoms. The van der Waals surface area contributed by atoms with Gasteiger partial charge in [0.1, 0.15) is 6.10 Å². The lowest BCUT2D eigenvalue weighted by atomic mass is 10.0. The molecule has 0 aromatic heterocycles. The fraction of sp³-hybridized carbons (Fsp3) is 0.312. The van der Waals surface area contributed by atoms with Crippen molar-refractivity contribution in [2.24, 2.45) is 0 Å². The number of nitro benzene ring substituents is 1. The van der Waals surface area contributed by atoms with Crippen molar-refractivity contribution in [1.82, 2.24) is 0 Å². The first-order chi connectivity index (χ1) is 9.58. The molecular formula is C16H17NO3. The molecule has 4 heteroatoms. The minimum atomic E-state index is -0.894. The maximum Gasteiger partial charge on any atom is 0.269 e. The normalized spacial score (nSPS) is 10.9. The molecular weight excluding hydrogens is 254 g/mol. The van der Waals surface area contributed by atoms with Gasteiger partial charge in [0.25, 0.3) is 5.69 Å². The fourth-order valence-electron chi connectivity index (χ4n) is 1.59. The minimum absolute atomic E-state index is 0.0192. The molecule has 0 fully saturated rings. The first kappa shape index (κ1) is 15.7. The van der Waals surface area contributed by atoms with Crippen LogP contribution in [0.5, 0.6) is 0 Å². The van der Waals surface area contributed by atoms with Crippen molar-refractivity contribution < 1.29 is 10.0 Å². The average molecular weight is 271 g/mol. The van der Waals surface area contributed by atoms with E-state index in [-0.39, 0.29) is 5.69 Å². The molecule has 20 heavy (non-hydrogen) atoms. The third-order valence-corrected chi connectivity index (χ3v) is 2.79. The Morgan fingerprint density at radius 1 is 1.45 bits per heavy atom. The standard InChI is InChI=1S/C16H17NO3/c1-3-5-6-14(4-2)16(18)12-9-13-7-10-15(11-8-13)17(19)20/h7-8,10-11,16,18H,2-3,5-6H2,1H3/t16-/m0/s1. The van der Waals surface area contributed by atoms with Crippen LogP contribution in [-0.4, -0.2) is 16.1 Å². The molecule has 0 saturated heterocycles. The largest absolute Gasteiger partial charge is 0.376 e. The van der Waals surface area contributed by atoms with Crippen LogP contribution in [0.4, 0.5) is 5.69 Å². The number of unbranched alkanes of at least 4 members (excludes halogenated alkanes) is 1. The quantitative estimate of drug-likeness (QED) is 0.387. The Hall–Kier alpha value is -2.34. The van der Waals surface area contributed by atoms with E-state index in [0.29, 0.717) is 11.1 Å². The molecule has 1 N–H and O–H groups in total. The molecule has 0 amide bonds. The van der Waals surface area contributed by atoms with E-state index in [9.17, 15) is 15.2 Å². The third-order valence-electron chi connectivity index (χ3n) is 2.79. The molecule has 1 aromatic rings. The summed E-state index contributed by atoms with van der Waals surface area (Å²) in [7, 11) is 0. The molecule has 0 radical (unpaired) electrons.